The topological polar surface area (TPSA) is 94.0 Å². The maximum atomic E-state index is 11.9. The number of amides is 1. The van der Waals surface area contributed by atoms with Crippen molar-refractivity contribution in [3.05, 3.63) is 47.6 Å². The van der Waals surface area contributed by atoms with Crippen molar-refractivity contribution in [2.24, 2.45) is 5.73 Å². The van der Waals surface area contributed by atoms with E-state index in [1.807, 2.05) is 0 Å². The number of carbonyl (C=O) groups is 1. The summed E-state index contributed by atoms with van der Waals surface area (Å²) >= 11 is 0. The van der Waals surface area contributed by atoms with Crippen LogP contribution in [0.4, 0.5) is 0 Å². The van der Waals surface area contributed by atoms with Crippen LogP contribution in [0.2, 0.25) is 0 Å². The van der Waals surface area contributed by atoms with Crippen LogP contribution in [0.25, 0.3) is 0 Å². The Balaban J connectivity index is 2.02. The summed E-state index contributed by atoms with van der Waals surface area (Å²) in [5, 5.41) is 6.41. The lowest BCUT2D eigenvalue weighted by atomic mass is 10.2. The Kier molecular flexibility index (Phi) is 4.26. The molecule has 19 heavy (non-hydrogen) atoms. The van der Waals surface area contributed by atoms with Gasteiger partial charge in [-0.2, -0.15) is 0 Å². The maximum absolute atomic E-state index is 11.9. The van der Waals surface area contributed by atoms with Gasteiger partial charge in [-0.05, 0) is 6.07 Å². The Morgan fingerprint density at radius 3 is 3.11 bits per heavy atom. The lowest BCUT2D eigenvalue weighted by Crippen LogP contribution is -2.23. The van der Waals surface area contributed by atoms with E-state index in [1.54, 1.807) is 18.3 Å². The molecule has 96 valence electrons. The molecule has 0 bridgehead atoms. The molecule has 2 heterocycles. The van der Waals surface area contributed by atoms with Gasteiger partial charge in [0.25, 0.3) is 5.91 Å². The second kappa shape index (κ2) is 6.33. The molecule has 2 aromatic rings. The molecule has 0 unspecified atom stereocenters. The summed E-state index contributed by atoms with van der Waals surface area (Å²) < 4.78 is 4.67. The van der Waals surface area contributed by atoms with Crippen molar-refractivity contribution < 1.29 is 9.32 Å². The lowest BCUT2D eigenvalue weighted by Gasteiger charge is -2.02. The standard InChI is InChI=1S/C13H12N4O2/c14-4-1-2-10-6-11(8-15-7-10)13(18)16-9-12-3-5-19-17-12/h3,5-8H,4,9,14H2,(H,16,18). The molecule has 2 aromatic heterocycles. The minimum atomic E-state index is -0.244. The van der Waals surface area contributed by atoms with Gasteiger partial charge >= 0.3 is 0 Å². The fourth-order valence-corrected chi connectivity index (χ4v) is 1.39. The molecule has 0 saturated heterocycles. The molecule has 6 nitrogen and oxygen atoms in total. The van der Waals surface area contributed by atoms with E-state index in [2.05, 4.69) is 31.8 Å². The van der Waals surface area contributed by atoms with Crippen molar-refractivity contribution in [2.75, 3.05) is 6.54 Å². The van der Waals surface area contributed by atoms with Crippen LogP contribution in [-0.2, 0) is 6.54 Å². The van der Waals surface area contributed by atoms with E-state index in [1.165, 1.54) is 12.5 Å². The number of hydrogen-bond donors (Lipinski definition) is 2. The Morgan fingerprint density at radius 1 is 1.47 bits per heavy atom. The van der Waals surface area contributed by atoms with Gasteiger partial charge in [0.05, 0.1) is 18.7 Å². The quantitative estimate of drug-likeness (QED) is 0.771. The molecule has 6 heteroatoms. The number of carbonyl (C=O) groups excluding carboxylic acids is 1. The van der Waals surface area contributed by atoms with Gasteiger partial charge < -0.3 is 15.6 Å². The van der Waals surface area contributed by atoms with Crippen molar-refractivity contribution in [3.8, 4) is 11.8 Å². The minimum absolute atomic E-state index is 0.244. The second-order valence-electron chi connectivity index (χ2n) is 3.64. The van der Waals surface area contributed by atoms with E-state index in [4.69, 9.17) is 5.73 Å². The van der Waals surface area contributed by atoms with Gasteiger partial charge in [0, 0.05) is 24.0 Å². The van der Waals surface area contributed by atoms with Crippen LogP contribution in [0.15, 0.2) is 35.3 Å². The van der Waals surface area contributed by atoms with E-state index in [-0.39, 0.29) is 12.5 Å². The number of rotatable bonds is 3. The molecule has 3 N–H and O–H groups in total. The summed E-state index contributed by atoms with van der Waals surface area (Å²) in [5.41, 5.74) is 7.03. The van der Waals surface area contributed by atoms with Crippen LogP contribution in [0.5, 0.6) is 0 Å². The van der Waals surface area contributed by atoms with Crippen molar-refractivity contribution in [2.45, 2.75) is 6.54 Å². The van der Waals surface area contributed by atoms with Gasteiger partial charge in [0.1, 0.15) is 12.0 Å². The zero-order chi connectivity index (χ0) is 13.5. The number of aromatic nitrogens is 2. The molecular weight excluding hydrogens is 244 g/mol. The predicted molar refractivity (Wildman–Crippen MR) is 67.8 cm³/mol. The average Bonchev–Trinajstić information content (AvgIpc) is 2.96. The summed E-state index contributed by atoms with van der Waals surface area (Å²) in [6, 6.07) is 3.34. The number of nitrogens with one attached hydrogen (secondary N) is 1. The monoisotopic (exact) mass is 256 g/mol. The smallest absolute Gasteiger partial charge is 0.253 e. The molecule has 0 radical (unpaired) electrons. The molecule has 0 aliphatic rings. The molecule has 0 atom stereocenters. The molecule has 0 aliphatic carbocycles. The summed E-state index contributed by atoms with van der Waals surface area (Å²) in [7, 11) is 0. The van der Waals surface area contributed by atoms with Crippen molar-refractivity contribution in [1.82, 2.24) is 15.5 Å². The largest absolute Gasteiger partial charge is 0.364 e. The van der Waals surface area contributed by atoms with Gasteiger partial charge in [-0.3, -0.25) is 9.78 Å². The van der Waals surface area contributed by atoms with Crippen LogP contribution >= 0.6 is 0 Å². The normalized spacial score (nSPS) is 9.53. The molecule has 2 rings (SSSR count). The number of pyridine rings is 1. The minimum Gasteiger partial charge on any atom is -0.364 e. The summed E-state index contributed by atoms with van der Waals surface area (Å²) in [6.07, 6.45) is 4.51. The molecule has 0 saturated carbocycles. The summed E-state index contributed by atoms with van der Waals surface area (Å²) in [4.78, 5) is 15.8. The Labute approximate surface area is 110 Å². The van der Waals surface area contributed by atoms with Gasteiger partial charge in [-0.25, -0.2) is 0 Å². The van der Waals surface area contributed by atoms with Gasteiger partial charge in [0.2, 0.25) is 0 Å². The van der Waals surface area contributed by atoms with E-state index >= 15 is 0 Å². The fraction of sp³-hybridized carbons (Fsp3) is 0.154. The van der Waals surface area contributed by atoms with E-state index in [0.717, 1.165) is 0 Å². The van der Waals surface area contributed by atoms with Crippen LogP contribution in [-0.4, -0.2) is 22.6 Å². The molecular formula is C13H12N4O2. The number of nitrogens with zero attached hydrogens (tertiary/aromatic N) is 2. The lowest BCUT2D eigenvalue weighted by molar-refractivity contribution is 0.0949. The Morgan fingerprint density at radius 2 is 2.37 bits per heavy atom. The van der Waals surface area contributed by atoms with E-state index in [0.29, 0.717) is 23.4 Å². The van der Waals surface area contributed by atoms with Crippen molar-refractivity contribution >= 4 is 5.91 Å². The molecule has 0 fully saturated rings. The van der Waals surface area contributed by atoms with Crippen molar-refractivity contribution in [3.63, 3.8) is 0 Å². The predicted octanol–water partition coefficient (Wildman–Crippen LogP) is 0.310. The second-order valence-corrected chi connectivity index (χ2v) is 3.64. The third-order valence-electron chi connectivity index (χ3n) is 2.26. The third kappa shape index (κ3) is 3.66. The Bertz CT molecular complexity index is 611. The SMILES string of the molecule is NCC#Cc1cncc(C(=O)NCc2ccon2)c1. The van der Waals surface area contributed by atoms with Crippen LogP contribution in [0.3, 0.4) is 0 Å². The molecule has 0 aromatic carbocycles. The zero-order valence-electron chi connectivity index (χ0n) is 10.1. The molecule has 1 amide bonds. The van der Waals surface area contributed by atoms with E-state index < -0.39 is 0 Å². The first-order valence-electron chi connectivity index (χ1n) is 5.61. The third-order valence-corrected chi connectivity index (χ3v) is 2.26. The zero-order valence-corrected chi connectivity index (χ0v) is 10.1. The molecule has 0 aliphatic heterocycles. The highest BCUT2D eigenvalue weighted by Crippen LogP contribution is 2.02. The van der Waals surface area contributed by atoms with Gasteiger partial charge in [-0.15, -0.1) is 0 Å². The number of nitrogens with two attached hydrogens (primary N) is 1. The highest BCUT2D eigenvalue weighted by molar-refractivity contribution is 5.94. The fourth-order valence-electron chi connectivity index (χ4n) is 1.39. The van der Waals surface area contributed by atoms with E-state index in [9.17, 15) is 4.79 Å². The van der Waals surface area contributed by atoms with Gasteiger partial charge in [0.15, 0.2) is 0 Å². The van der Waals surface area contributed by atoms with Crippen LogP contribution in [0.1, 0.15) is 21.6 Å². The average molecular weight is 256 g/mol. The van der Waals surface area contributed by atoms with Crippen LogP contribution in [0, 0.1) is 11.8 Å². The van der Waals surface area contributed by atoms with Crippen molar-refractivity contribution in [1.29, 1.82) is 0 Å². The maximum Gasteiger partial charge on any atom is 0.253 e. The summed E-state index contributed by atoms with van der Waals surface area (Å²) in [6.45, 7) is 0.566. The number of hydrogen-bond acceptors (Lipinski definition) is 5. The first-order valence-corrected chi connectivity index (χ1v) is 5.61. The highest BCUT2D eigenvalue weighted by Gasteiger charge is 2.07. The first kappa shape index (κ1) is 12.8. The van der Waals surface area contributed by atoms with Gasteiger partial charge in [-0.1, -0.05) is 17.0 Å². The Hall–Kier alpha value is -2.65. The van der Waals surface area contributed by atoms with Crippen LogP contribution < -0.4 is 11.1 Å². The highest BCUT2D eigenvalue weighted by atomic mass is 16.5. The first-order chi connectivity index (χ1) is 9.29. The summed E-state index contributed by atoms with van der Waals surface area (Å²) in [5.74, 6) is 5.29. The molecule has 0 spiro atoms.